The van der Waals surface area contributed by atoms with Gasteiger partial charge in [0.25, 0.3) is 0 Å². The van der Waals surface area contributed by atoms with Crippen LogP contribution in [0.3, 0.4) is 0 Å². The predicted octanol–water partition coefficient (Wildman–Crippen LogP) is -0.529. The van der Waals surface area contributed by atoms with Crippen LogP contribution in [-0.4, -0.2) is 33.2 Å². The van der Waals surface area contributed by atoms with Crippen molar-refractivity contribution < 1.29 is 9.53 Å². The number of ether oxygens (including phenoxy) is 1. The van der Waals surface area contributed by atoms with E-state index in [0.29, 0.717) is 5.82 Å². The minimum absolute atomic E-state index is 0.0564. The predicted molar refractivity (Wildman–Crippen MR) is 39.0 cm³/mol. The highest BCUT2D eigenvalue weighted by Gasteiger charge is 2.06. The zero-order valence-corrected chi connectivity index (χ0v) is 6.36. The third-order valence-corrected chi connectivity index (χ3v) is 1.06. The highest BCUT2D eigenvalue weighted by atomic mass is 16.5. The number of aromatic nitrogens is 4. The first-order chi connectivity index (χ1) is 5.83. The quantitative estimate of drug-likeness (QED) is 0.483. The Balaban J connectivity index is 2.32. The zero-order chi connectivity index (χ0) is 8.81. The molecule has 0 aliphatic rings. The number of hydrogen-bond donors (Lipinski definition) is 1. The summed E-state index contributed by atoms with van der Waals surface area (Å²) in [7, 11) is 0. The van der Waals surface area contributed by atoms with Crippen molar-refractivity contribution in [1.82, 2.24) is 20.6 Å². The van der Waals surface area contributed by atoms with E-state index in [0.717, 1.165) is 0 Å². The molecule has 0 spiro atoms. The van der Waals surface area contributed by atoms with Gasteiger partial charge in [0.1, 0.15) is 13.0 Å². The van der Waals surface area contributed by atoms with E-state index in [2.05, 4.69) is 27.2 Å². The van der Waals surface area contributed by atoms with E-state index < -0.39 is 0 Å². The fourth-order valence-electron chi connectivity index (χ4n) is 0.593. The number of hydrogen-bond acceptors (Lipinski definition) is 5. The van der Waals surface area contributed by atoms with Crippen molar-refractivity contribution in [2.75, 3.05) is 6.61 Å². The van der Waals surface area contributed by atoms with Gasteiger partial charge in [0, 0.05) is 0 Å². The van der Waals surface area contributed by atoms with E-state index in [1.807, 2.05) is 0 Å². The average molecular weight is 168 g/mol. The first-order valence-corrected chi connectivity index (χ1v) is 3.32. The lowest BCUT2D eigenvalue weighted by Crippen LogP contribution is -2.08. The molecule has 0 atom stereocenters. The lowest BCUT2D eigenvalue weighted by molar-refractivity contribution is -0.141. The number of nitrogens with one attached hydrogen (secondary N) is 1. The van der Waals surface area contributed by atoms with Gasteiger partial charge in [-0.2, -0.15) is 0 Å². The average Bonchev–Trinajstić information content (AvgIpc) is 2.53. The molecule has 0 saturated heterocycles. The highest BCUT2D eigenvalue weighted by molar-refractivity contribution is 5.71. The van der Waals surface area contributed by atoms with E-state index in [1.165, 1.54) is 6.08 Å². The molecule has 0 aliphatic carbocycles. The van der Waals surface area contributed by atoms with Crippen LogP contribution in [0.15, 0.2) is 12.7 Å². The molecule has 1 rings (SSSR count). The second kappa shape index (κ2) is 4.22. The van der Waals surface area contributed by atoms with Gasteiger partial charge in [-0.1, -0.05) is 12.7 Å². The van der Waals surface area contributed by atoms with Gasteiger partial charge in [-0.15, -0.1) is 5.10 Å². The Kier molecular flexibility index (Phi) is 2.95. The molecule has 64 valence electrons. The number of nitrogens with zero attached hydrogens (tertiary/aromatic N) is 3. The monoisotopic (exact) mass is 168 g/mol. The Hall–Kier alpha value is -1.72. The van der Waals surface area contributed by atoms with Crippen molar-refractivity contribution in [3.8, 4) is 0 Å². The molecule has 1 aromatic heterocycles. The number of tetrazole rings is 1. The summed E-state index contributed by atoms with van der Waals surface area (Å²) in [4.78, 5) is 10.9. The smallest absolute Gasteiger partial charge is 0.313 e. The van der Waals surface area contributed by atoms with E-state index in [-0.39, 0.29) is 19.0 Å². The Morgan fingerprint density at radius 3 is 3.17 bits per heavy atom. The summed E-state index contributed by atoms with van der Waals surface area (Å²) in [6.07, 6.45) is 1.55. The fraction of sp³-hybridized carbons (Fsp3) is 0.333. The first kappa shape index (κ1) is 8.38. The molecule has 0 amide bonds. The maximum Gasteiger partial charge on any atom is 0.313 e. The second-order valence-corrected chi connectivity index (χ2v) is 2.00. The van der Waals surface area contributed by atoms with Crippen LogP contribution in [0.5, 0.6) is 0 Å². The number of rotatable bonds is 4. The van der Waals surface area contributed by atoms with Crippen LogP contribution in [0.2, 0.25) is 0 Å². The molecule has 0 unspecified atom stereocenters. The van der Waals surface area contributed by atoms with Crippen LogP contribution in [0.25, 0.3) is 0 Å². The summed E-state index contributed by atoms with van der Waals surface area (Å²) in [5, 5.41) is 12.6. The minimum Gasteiger partial charge on any atom is -0.461 e. The van der Waals surface area contributed by atoms with Gasteiger partial charge in [0.2, 0.25) is 0 Å². The van der Waals surface area contributed by atoms with Gasteiger partial charge >= 0.3 is 5.97 Å². The Morgan fingerprint density at radius 2 is 2.58 bits per heavy atom. The topological polar surface area (TPSA) is 80.8 Å². The fourth-order valence-corrected chi connectivity index (χ4v) is 0.593. The third-order valence-electron chi connectivity index (χ3n) is 1.06. The van der Waals surface area contributed by atoms with Crippen molar-refractivity contribution in [3.05, 3.63) is 18.5 Å². The number of esters is 1. The van der Waals surface area contributed by atoms with Crippen LogP contribution in [0.4, 0.5) is 0 Å². The summed E-state index contributed by atoms with van der Waals surface area (Å²) >= 11 is 0. The number of aromatic amines is 1. The Labute approximate surface area is 68.6 Å². The van der Waals surface area contributed by atoms with E-state index in [9.17, 15) is 4.79 Å². The molecule has 6 nitrogen and oxygen atoms in total. The maximum atomic E-state index is 10.9. The van der Waals surface area contributed by atoms with Crippen molar-refractivity contribution in [2.45, 2.75) is 6.42 Å². The van der Waals surface area contributed by atoms with Crippen LogP contribution in [0, 0.1) is 0 Å². The maximum absolute atomic E-state index is 10.9. The third kappa shape index (κ3) is 2.49. The normalized spacial score (nSPS) is 9.33. The SMILES string of the molecule is C=CCOC(=O)Cc1nnn[nH]1. The van der Waals surface area contributed by atoms with Crippen molar-refractivity contribution in [3.63, 3.8) is 0 Å². The van der Waals surface area contributed by atoms with Crippen LogP contribution in [0.1, 0.15) is 5.82 Å². The Morgan fingerprint density at radius 1 is 1.75 bits per heavy atom. The van der Waals surface area contributed by atoms with E-state index in [4.69, 9.17) is 4.74 Å². The number of H-pyrrole nitrogens is 1. The summed E-state index contributed by atoms with van der Waals surface area (Å²) in [5.74, 6) is 0.0116. The highest BCUT2D eigenvalue weighted by Crippen LogP contribution is 1.89. The molecule has 0 radical (unpaired) electrons. The molecule has 0 fully saturated rings. The molecule has 1 heterocycles. The van der Waals surface area contributed by atoms with Crippen molar-refractivity contribution in [1.29, 1.82) is 0 Å². The molecule has 0 saturated carbocycles. The van der Waals surface area contributed by atoms with Gasteiger partial charge in [0.05, 0.1) is 0 Å². The number of carbonyl (C=O) groups excluding carboxylic acids is 1. The summed E-state index contributed by atoms with van der Waals surface area (Å²) in [6.45, 7) is 3.61. The summed E-state index contributed by atoms with van der Waals surface area (Å²) in [6, 6.07) is 0. The molecule has 1 aromatic rings. The Bertz CT molecular complexity index is 257. The van der Waals surface area contributed by atoms with Crippen molar-refractivity contribution in [2.24, 2.45) is 0 Å². The van der Waals surface area contributed by atoms with Crippen LogP contribution >= 0.6 is 0 Å². The molecular formula is C6H8N4O2. The van der Waals surface area contributed by atoms with Crippen LogP contribution in [-0.2, 0) is 16.0 Å². The number of carbonyl (C=O) groups is 1. The molecule has 0 aliphatic heterocycles. The van der Waals surface area contributed by atoms with E-state index >= 15 is 0 Å². The largest absolute Gasteiger partial charge is 0.461 e. The van der Waals surface area contributed by atoms with Crippen LogP contribution < -0.4 is 0 Å². The molecular weight excluding hydrogens is 160 g/mol. The second-order valence-electron chi connectivity index (χ2n) is 2.00. The van der Waals surface area contributed by atoms with Crippen molar-refractivity contribution >= 4 is 5.97 Å². The standard InChI is InChI=1S/C6H8N4O2/c1-2-3-12-6(11)4-5-7-9-10-8-5/h2H,1,3-4H2,(H,7,8,9,10). The molecule has 0 bridgehead atoms. The molecule has 0 aromatic carbocycles. The minimum atomic E-state index is -0.381. The lowest BCUT2D eigenvalue weighted by Gasteiger charge is -1.97. The molecule has 12 heavy (non-hydrogen) atoms. The van der Waals surface area contributed by atoms with Gasteiger partial charge in [-0.3, -0.25) is 4.79 Å². The summed E-state index contributed by atoms with van der Waals surface area (Å²) < 4.78 is 4.69. The van der Waals surface area contributed by atoms with Gasteiger partial charge < -0.3 is 4.74 Å². The molecule has 1 N–H and O–H groups in total. The van der Waals surface area contributed by atoms with Gasteiger partial charge in [-0.25, -0.2) is 5.10 Å². The summed E-state index contributed by atoms with van der Waals surface area (Å²) in [5.41, 5.74) is 0. The molecule has 6 heteroatoms. The lowest BCUT2D eigenvalue weighted by atomic mass is 10.4. The van der Waals surface area contributed by atoms with Gasteiger partial charge in [-0.05, 0) is 10.4 Å². The van der Waals surface area contributed by atoms with E-state index in [1.54, 1.807) is 0 Å². The van der Waals surface area contributed by atoms with Gasteiger partial charge in [0.15, 0.2) is 5.82 Å². The zero-order valence-electron chi connectivity index (χ0n) is 6.36. The first-order valence-electron chi connectivity index (χ1n) is 3.32.